The van der Waals surface area contributed by atoms with E-state index in [0.717, 1.165) is 14.5 Å². The van der Waals surface area contributed by atoms with Crippen molar-refractivity contribution in [1.29, 1.82) is 0 Å². The predicted octanol–water partition coefficient (Wildman–Crippen LogP) is 5.31. The molecule has 37 heavy (non-hydrogen) atoms. The first-order valence-corrected chi connectivity index (χ1v) is 12.0. The summed E-state index contributed by atoms with van der Waals surface area (Å²) in [7, 11) is 1.57. The van der Waals surface area contributed by atoms with Crippen molar-refractivity contribution in [1.82, 2.24) is 9.66 Å². The van der Waals surface area contributed by atoms with Gasteiger partial charge in [-0.1, -0.05) is 34.1 Å². The van der Waals surface area contributed by atoms with E-state index in [1.807, 2.05) is 6.07 Å². The molecule has 0 spiro atoms. The fourth-order valence-corrected chi connectivity index (χ4v) is 4.18. The second-order valence-corrected chi connectivity index (χ2v) is 8.99. The number of halogens is 1. The Morgan fingerprint density at radius 2 is 1.92 bits per heavy atom. The van der Waals surface area contributed by atoms with Gasteiger partial charge in [0.2, 0.25) is 5.82 Å². The summed E-state index contributed by atoms with van der Waals surface area (Å²) < 4.78 is 18.9. The summed E-state index contributed by atoms with van der Waals surface area (Å²) in [5, 5.41) is 14.8. The molecule has 0 aliphatic rings. The van der Waals surface area contributed by atoms with Crippen molar-refractivity contribution in [2.75, 3.05) is 7.11 Å². The number of carbonyl (C=O) groups is 1. The molecule has 5 aromatic rings. The highest BCUT2D eigenvalue weighted by molar-refractivity contribution is 9.10. The zero-order chi connectivity index (χ0) is 26.1. The largest absolute Gasteiger partial charge is 0.496 e. The number of hydrogen-bond donors (Lipinski definition) is 1. The zero-order valence-electron chi connectivity index (χ0n) is 19.7. The third-order valence-corrected chi connectivity index (χ3v) is 6.14. The van der Waals surface area contributed by atoms with Crippen molar-refractivity contribution in [2.45, 2.75) is 13.0 Å². The Morgan fingerprint density at radius 1 is 1.11 bits per heavy atom. The number of carboxylic acid groups (broad SMARTS) is 1. The molecule has 0 fully saturated rings. The maximum absolute atomic E-state index is 13.5. The lowest BCUT2D eigenvalue weighted by Gasteiger charge is -2.13. The number of aliphatic carboxylic acids is 1. The molecule has 2 heterocycles. The Morgan fingerprint density at radius 3 is 2.70 bits per heavy atom. The van der Waals surface area contributed by atoms with Crippen molar-refractivity contribution in [3.05, 3.63) is 87.1 Å². The highest BCUT2D eigenvalue weighted by atomic mass is 79.9. The molecular formula is C27H20BrN3O6. The van der Waals surface area contributed by atoms with Crippen LogP contribution in [-0.4, -0.2) is 40.2 Å². The number of hydrogen-bond acceptors (Lipinski definition) is 7. The van der Waals surface area contributed by atoms with Crippen LogP contribution in [0.5, 0.6) is 11.5 Å². The SMILES string of the molecule is COc1cccc2oc(-c3nc4ccccc4c(=O)n3N=Cc3cc(Br)ccc3O[C@@H](C)C(=O)O)cc12. The van der Waals surface area contributed by atoms with E-state index in [1.165, 1.54) is 13.1 Å². The zero-order valence-corrected chi connectivity index (χ0v) is 21.3. The topological polar surface area (TPSA) is 116 Å². The smallest absolute Gasteiger partial charge is 0.344 e. The number of aromatic nitrogens is 2. The molecule has 0 saturated carbocycles. The number of rotatable bonds is 7. The summed E-state index contributed by atoms with van der Waals surface area (Å²) in [5.41, 5.74) is 1.11. The van der Waals surface area contributed by atoms with Gasteiger partial charge in [-0.05, 0) is 55.5 Å². The first-order valence-electron chi connectivity index (χ1n) is 11.2. The number of benzene rings is 3. The summed E-state index contributed by atoms with van der Waals surface area (Å²) in [5.74, 6) is 0.315. The summed E-state index contributed by atoms with van der Waals surface area (Å²) in [6.45, 7) is 1.43. The van der Waals surface area contributed by atoms with Crippen LogP contribution in [0, 0.1) is 0 Å². The molecule has 10 heteroatoms. The summed E-state index contributed by atoms with van der Waals surface area (Å²) >= 11 is 3.41. The van der Waals surface area contributed by atoms with E-state index in [4.69, 9.17) is 13.9 Å². The van der Waals surface area contributed by atoms with Crippen molar-refractivity contribution in [3.8, 4) is 23.1 Å². The lowest BCUT2D eigenvalue weighted by molar-refractivity contribution is -0.144. The van der Waals surface area contributed by atoms with Crippen LogP contribution in [0.3, 0.4) is 0 Å². The molecular weight excluding hydrogens is 542 g/mol. The van der Waals surface area contributed by atoms with E-state index in [2.05, 4.69) is 26.0 Å². The summed E-state index contributed by atoms with van der Waals surface area (Å²) in [6.07, 6.45) is 0.332. The fourth-order valence-electron chi connectivity index (χ4n) is 3.80. The minimum Gasteiger partial charge on any atom is -0.496 e. The molecule has 0 aliphatic carbocycles. The number of carboxylic acids is 1. The van der Waals surface area contributed by atoms with Crippen LogP contribution in [0.25, 0.3) is 33.5 Å². The van der Waals surface area contributed by atoms with E-state index in [1.54, 1.807) is 67.8 Å². The van der Waals surface area contributed by atoms with Gasteiger partial charge < -0.3 is 19.0 Å². The van der Waals surface area contributed by atoms with E-state index in [0.29, 0.717) is 39.3 Å². The molecule has 0 saturated heterocycles. The lowest BCUT2D eigenvalue weighted by Crippen LogP contribution is -2.23. The van der Waals surface area contributed by atoms with Crippen LogP contribution in [-0.2, 0) is 4.79 Å². The minimum absolute atomic E-state index is 0.189. The van der Waals surface area contributed by atoms with Gasteiger partial charge in [-0.25, -0.2) is 9.78 Å². The number of ether oxygens (including phenoxy) is 2. The molecule has 0 aliphatic heterocycles. The minimum atomic E-state index is -1.11. The quantitative estimate of drug-likeness (QED) is 0.267. The third-order valence-electron chi connectivity index (χ3n) is 5.65. The van der Waals surface area contributed by atoms with Gasteiger partial charge in [0, 0.05) is 10.0 Å². The first-order chi connectivity index (χ1) is 17.9. The van der Waals surface area contributed by atoms with Crippen molar-refractivity contribution in [2.24, 2.45) is 5.10 Å². The van der Waals surface area contributed by atoms with Crippen LogP contribution in [0.1, 0.15) is 12.5 Å². The number of nitrogens with zero attached hydrogens (tertiary/aromatic N) is 3. The Kier molecular flexibility index (Phi) is 6.49. The molecule has 3 aromatic carbocycles. The highest BCUT2D eigenvalue weighted by Crippen LogP contribution is 2.33. The van der Waals surface area contributed by atoms with Gasteiger partial charge in [0.1, 0.15) is 17.1 Å². The van der Waals surface area contributed by atoms with Crippen LogP contribution < -0.4 is 15.0 Å². The molecule has 2 aromatic heterocycles. The van der Waals surface area contributed by atoms with Crippen LogP contribution >= 0.6 is 15.9 Å². The van der Waals surface area contributed by atoms with Gasteiger partial charge in [-0.2, -0.15) is 9.78 Å². The standard InChI is InChI=1S/C27H20BrN3O6/c1-15(27(33)34)36-21-11-10-17(28)12-16(21)14-29-31-25(30-20-7-4-3-6-18(20)26(31)32)24-13-19-22(35-2)8-5-9-23(19)37-24/h3-15H,1-2H3,(H,33,34)/t15-/m0/s1. The molecule has 186 valence electrons. The number of methoxy groups -OCH3 is 1. The maximum Gasteiger partial charge on any atom is 0.344 e. The lowest BCUT2D eigenvalue weighted by atomic mass is 10.2. The Hall–Kier alpha value is -4.44. The normalized spacial score (nSPS) is 12.3. The van der Waals surface area contributed by atoms with E-state index >= 15 is 0 Å². The maximum atomic E-state index is 13.5. The number of furan rings is 1. The Balaban J connectivity index is 1.69. The van der Waals surface area contributed by atoms with Crippen LogP contribution in [0.15, 0.2) is 85.5 Å². The van der Waals surface area contributed by atoms with Crippen molar-refractivity contribution >= 4 is 50.0 Å². The van der Waals surface area contributed by atoms with Crippen molar-refractivity contribution in [3.63, 3.8) is 0 Å². The number of para-hydroxylation sites is 1. The molecule has 0 unspecified atom stereocenters. The Labute approximate surface area is 218 Å². The molecule has 0 amide bonds. The second-order valence-electron chi connectivity index (χ2n) is 8.08. The molecule has 9 nitrogen and oxygen atoms in total. The third kappa shape index (κ3) is 4.70. The van der Waals surface area contributed by atoms with Gasteiger partial charge in [-0.15, -0.1) is 0 Å². The molecule has 1 atom stereocenters. The average molecular weight is 562 g/mol. The van der Waals surface area contributed by atoms with Crippen molar-refractivity contribution < 1.29 is 23.8 Å². The van der Waals surface area contributed by atoms with E-state index in [9.17, 15) is 14.7 Å². The summed E-state index contributed by atoms with van der Waals surface area (Å²) in [4.78, 5) is 29.5. The Bertz CT molecular complexity index is 1740. The van der Waals surface area contributed by atoms with Gasteiger partial charge in [0.15, 0.2) is 11.9 Å². The van der Waals surface area contributed by atoms with E-state index in [-0.39, 0.29) is 5.82 Å². The monoisotopic (exact) mass is 561 g/mol. The van der Waals surface area contributed by atoms with E-state index < -0.39 is 17.6 Å². The molecule has 5 rings (SSSR count). The second kappa shape index (κ2) is 9.90. The average Bonchev–Trinajstić information content (AvgIpc) is 3.33. The highest BCUT2D eigenvalue weighted by Gasteiger charge is 2.19. The molecule has 0 bridgehead atoms. The van der Waals surface area contributed by atoms with Crippen LogP contribution in [0.2, 0.25) is 0 Å². The van der Waals surface area contributed by atoms with Gasteiger partial charge in [0.25, 0.3) is 5.56 Å². The fraction of sp³-hybridized carbons (Fsp3) is 0.111. The molecule has 1 N–H and O–H groups in total. The van der Waals surface area contributed by atoms with Gasteiger partial charge in [0.05, 0.1) is 29.6 Å². The van der Waals surface area contributed by atoms with Crippen LogP contribution in [0.4, 0.5) is 0 Å². The molecule has 0 radical (unpaired) electrons. The number of fused-ring (bicyclic) bond motifs is 2. The van der Waals surface area contributed by atoms with Gasteiger partial charge >= 0.3 is 5.97 Å². The predicted molar refractivity (Wildman–Crippen MR) is 143 cm³/mol. The summed E-state index contributed by atoms with van der Waals surface area (Å²) in [6, 6.07) is 19.2. The first kappa shape index (κ1) is 24.3. The van der Waals surface area contributed by atoms with Gasteiger partial charge in [-0.3, -0.25) is 4.79 Å².